The number of hydrogen-bond donors (Lipinski definition) is 2. The van der Waals surface area contributed by atoms with Crippen LogP contribution in [-0.4, -0.2) is 28.3 Å². The van der Waals surface area contributed by atoms with Gasteiger partial charge in [-0.15, -0.1) is 12.4 Å². The van der Waals surface area contributed by atoms with E-state index in [4.69, 9.17) is 34.0 Å². The van der Waals surface area contributed by atoms with E-state index in [1.807, 2.05) is 0 Å². The first-order chi connectivity index (χ1) is 8.41. The summed E-state index contributed by atoms with van der Waals surface area (Å²) in [7, 11) is 0. The summed E-state index contributed by atoms with van der Waals surface area (Å²) in [6.45, 7) is 1.53. The lowest BCUT2D eigenvalue weighted by atomic mass is 10.2. The lowest BCUT2D eigenvalue weighted by molar-refractivity contribution is -0.141. The molecule has 0 saturated heterocycles. The Kier molecular flexibility index (Phi) is 5.04. The number of aliphatic carboxylic acids is 1. The minimum atomic E-state index is -0.987. The third-order valence-corrected chi connectivity index (χ3v) is 3.59. The first kappa shape index (κ1) is 16.0. The predicted octanol–water partition coefficient (Wildman–Crippen LogP) is 0.804. The third kappa shape index (κ3) is 2.95. The number of fused-ring (bicyclic) bond motifs is 1. The first-order valence-corrected chi connectivity index (χ1v) is 5.97. The Labute approximate surface area is 125 Å². The van der Waals surface area contributed by atoms with Crippen LogP contribution >= 0.6 is 35.6 Å². The molecule has 3 N–H and O–H groups in total. The molecule has 0 spiro atoms. The molecular formula is C11H12Cl3N3O2. The zero-order chi connectivity index (χ0) is 13.4. The van der Waals surface area contributed by atoms with Gasteiger partial charge in [-0.3, -0.25) is 5.73 Å². The molecule has 0 radical (unpaired) electrons. The molecule has 5 nitrogen and oxygen atoms in total. The van der Waals surface area contributed by atoms with Crippen molar-refractivity contribution in [2.45, 2.75) is 19.3 Å². The van der Waals surface area contributed by atoms with Crippen molar-refractivity contribution >= 4 is 47.8 Å². The fourth-order valence-electron chi connectivity index (χ4n) is 1.69. The molecule has 0 saturated carbocycles. The van der Waals surface area contributed by atoms with E-state index in [-0.39, 0.29) is 12.4 Å². The van der Waals surface area contributed by atoms with Crippen LogP contribution in [-0.2, 0) is 4.79 Å². The fourth-order valence-corrected chi connectivity index (χ4v) is 2.07. The van der Waals surface area contributed by atoms with Crippen molar-refractivity contribution in [1.82, 2.24) is 4.90 Å². The molecule has 8 heteroatoms. The van der Waals surface area contributed by atoms with E-state index in [1.165, 1.54) is 11.8 Å². The summed E-state index contributed by atoms with van der Waals surface area (Å²) in [4.78, 5) is 16.6. The van der Waals surface area contributed by atoms with Gasteiger partial charge in [-0.05, 0) is 19.1 Å². The summed E-state index contributed by atoms with van der Waals surface area (Å²) in [6.07, 6.45) is 0.834. The van der Waals surface area contributed by atoms with E-state index < -0.39 is 18.3 Å². The van der Waals surface area contributed by atoms with Crippen molar-refractivity contribution in [3.63, 3.8) is 0 Å². The zero-order valence-electron chi connectivity index (χ0n) is 9.88. The van der Waals surface area contributed by atoms with Crippen LogP contribution in [0, 0.1) is 0 Å². The number of nitrogens with zero attached hydrogens (tertiary/aromatic N) is 2. The quantitative estimate of drug-likeness (QED) is 0.843. The summed E-state index contributed by atoms with van der Waals surface area (Å²) < 4.78 is 0. The molecule has 0 fully saturated rings. The van der Waals surface area contributed by atoms with Gasteiger partial charge in [0, 0.05) is 11.4 Å². The van der Waals surface area contributed by atoms with Crippen LogP contribution in [0.3, 0.4) is 0 Å². The van der Waals surface area contributed by atoms with Gasteiger partial charge in [0.2, 0.25) is 0 Å². The van der Waals surface area contributed by atoms with Gasteiger partial charge in [0.1, 0.15) is 6.04 Å². The summed E-state index contributed by atoms with van der Waals surface area (Å²) >= 11 is 12.0. The Morgan fingerprint density at radius 1 is 1.53 bits per heavy atom. The van der Waals surface area contributed by atoms with E-state index in [2.05, 4.69) is 4.99 Å². The second-order valence-electron chi connectivity index (χ2n) is 3.93. The summed E-state index contributed by atoms with van der Waals surface area (Å²) in [5, 5.41) is 10.9. The highest BCUT2D eigenvalue weighted by molar-refractivity contribution is 6.42. The maximum atomic E-state index is 11.0. The van der Waals surface area contributed by atoms with Crippen LogP contribution in [0.1, 0.15) is 6.92 Å². The first-order valence-electron chi connectivity index (χ1n) is 5.21. The molecule has 0 aliphatic carbocycles. The van der Waals surface area contributed by atoms with E-state index >= 15 is 0 Å². The Hall–Kier alpha value is -1.01. The highest BCUT2D eigenvalue weighted by Crippen LogP contribution is 2.16. The second kappa shape index (κ2) is 5.96. The average Bonchev–Trinajstić information content (AvgIpc) is 2.32. The van der Waals surface area contributed by atoms with E-state index in [9.17, 15) is 4.79 Å². The molecule has 1 aliphatic rings. The molecule has 1 aliphatic heterocycles. The van der Waals surface area contributed by atoms with Crippen molar-refractivity contribution in [3.05, 3.63) is 32.8 Å². The lowest BCUT2D eigenvalue weighted by Gasteiger charge is -2.30. The number of carboxylic acid groups (broad SMARTS) is 1. The van der Waals surface area contributed by atoms with Crippen molar-refractivity contribution in [2.75, 3.05) is 0 Å². The van der Waals surface area contributed by atoms with Gasteiger partial charge in [0.15, 0.2) is 6.29 Å². The van der Waals surface area contributed by atoms with Gasteiger partial charge in [0.25, 0.3) is 0 Å². The monoisotopic (exact) mass is 323 g/mol. The van der Waals surface area contributed by atoms with Gasteiger partial charge in [-0.1, -0.05) is 23.2 Å². The van der Waals surface area contributed by atoms with Crippen molar-refractivity contribution in [2.24, 2.45) is 10.7 Å². The molecule has 2 unspecified atom stereocenters. The molecule has 1 heterocycles. The molecule has 19 heavy (non-hydrogen) atoms. The second-order valence-corrected chi connectivity index (χ2v) is 4.71. The van der Waals surface area contributed by atoms with Crippen LogP contribution in [0.2, 0.25) is 10.0 Å². The molecule has 0 aromatic heterocycles. The normalized spacial score (nSPS) is 18.5. The van der Waals surface area contributed by atoms with Crippen LogP contribution in [0.5, 0.6) is 0 Å². The Morgan fingerprint density at radius 2 is 2.16 bits per heavy atom. The van der Waals surface area contributed by atoms with Crippen LogP contribution in [0.25, 0.3) is 6.20 Å². The number of benzene rings is 1. The molecule has 1 aromatic carbocycles. The zero-order valence-corrected chi connectivity index (χ0v) is 12.2. The van der Waals surface area contributed by atoms with Gasteiger partial charge in [0.05, 0.1) is 15.4 Å². The Morgan fingerprint density at radius 3 is 2.74 bits per heavy atom. The Bertz CT molecular complexity index is 620. The number of halogens is 3. The molecule has 0 bridgehead atoms. The number of carboxylic acids is 1. The van der Waals surface area contributed by atoms with E-state index in [0.717, 1.165) is 0 Å². The smallest absolute Gasteiger partial charge is 0.326 e. The minimum absolute atomic E-state index is 0. The number of carbonyl (C=O) groups is 1. The molecular weight excluding hydrogens is 312 g/mol. The molecule has 0 amide bonds. The summed E-state index contributed by atoms with van der Waals surface area (Å²) in [5.41, 5.74) is 5.81. The SMILES string of the molecule is CC(C(=O)O)N1C=c2c(Cl)c(Cl)ccc2=NC1N.Cl. The van der Waals surface area contributed by atoms with Crippen molar-refractivity contribution in [1.29, 1.82) is 0 Å². The van der Waals surface area contributed by atoms with Crippen LogP contribution in [0.15, 0.2) is 17.1 Å². The van der Waals surface area contributed by atoms with Gasteiger partial charge < -0.3 is 10.0 Å². The van der Waals surface area contributed by atoms with E-state index in [1.54, 1.807) is 18.3 Å². The fraction of sp³-hybridized carbons (Fsp3) is 0.273. The maximum Gasteiger partial charge on any atom is 0.326 e. The summed E-state index contributed by atoms with van der Waals surface area (Å²) in [5.74, 6) is -0.987. The largest absolute Gasteiger partial charge is 0.480 e. The number of nitrogens with two attached hydrogens (primary N) is 1. The highest BCUT2D eigenvalue weighted by Gasteiger charge is 2.24. The van der Waals surface area contributed by atoms with Crippen LogP contribution in [0.4, 0.5) is 0 Å². The maximum absolute atomic E-state index is 11.0. The summed E-state index contributed by atoms with van der Waals surface area (Å²) in [6, 6.07) is 2.53. The molecule has 104 valence electrons. The minimum Gasteiger partial charge on any atom is -0.480 e. The Balaban J connectivity index is 0.00000180. The molecule has 2 atom stereocenters. The van der Waals surface area contributed by atoms with Crippen molar-refractivity contribution < 1.29 is 9.90 Å². The standard InChI is InChI=1S/C11H11Cl2N3O2.ClH/c1-5(10(17)18)16-4-6-8(15-11(16)14)3-2-7(12)9(6)13;/h2-5,11H,14H2,1H3,(H,17,18);1H. The predicted molar refractivity (Wildman–Crippen MR) is 75.9 cm³/mol. The third-order valence-electron chi connectivity index (χ3n) is 2.77. The topological polar surface area (TPSA) is 78.9 Å². The van der Waals surface area contributed by atoms with Gasteiger partial charge in [-0.2, -0.15) is 0 Å². The van der Waals surface area contributed by atoms with E-state index in [0.29, 0.717) is 20.6 Å². The number of hydrogen-bond acceptors (Lipinski definition) is 4. The van der Waals surface area contributed by atoms with Crippen LogP contribution < -0.4 is 16.3 Å². The molecule has 2 rings (SSSR count). The number of rotatable bonds is 2. The van der Waals surface area contributed by atoms with Crippen molar-refractivity contribution in [3.8, 4) is 0 Å². The van der Waals surface area contributed by atoms with Gasteiger partial charge >= 0.3 is 5.97 Å². The average molecular weight is 325 g/mol. The highest BCUT2D eigenvalue weighted by atomic mass is 35.5. The van der Waals surface area contributed by atoms with Gasteiger partial charge in [-0.25, -0.2) is 9.79 Å². The molecule has 1 aromatic rings. The lowest BCUT2D eigenvalue weighted by Crippen LogP contribution is -2.52.